The number of carbonyl (C=O) groups excluding carboxylic acids is 1. The van der Waals surface area contributed by atoms with Crippen LogP contribution in [-0.2, 0) is 9.53 Å². The maximum absolute atomic E-state index is 13.0. The van der Waals surface area contributed by atoms with Crippen LogP contribution in [-0.4, -0.2) is 5.97 Å². The standard InChI is InChI=1S/C19H12FNO2/c1-14(13-21)19(16-8-10-17(20)11-9-16)23-18(22)12-7-15-5-3-2-4-6-15/h2-6,8-11,19H,1H2. The molecule has 2 aromatic rings. The lowest BCUT2D eigenvalue weighted by atomic mass is 10.0. The number of halogens is 1. The molecule has 23 heavy (non-hydrogen) atoms. The fourth-order valence-electron chi connectivity index (χ4n) is 1.82. The molecule has 0 saturated heterocycles. The summed E-state index contributed by atoms with van der Waals surface area (Å²) in [5, 5.41) is 8.99. The van der Waals surface area contributed by atoms with Crippen molar-refractivity contribution in [1.82, 2.24) is 0 Å². The molecular formula is C19H12FNO2. The minimum Gasteiger partial charge on any atom is -0.442 e. The summed E-state index contributed by atoms with van der Waals surface area (Å²) in [5.74, 6) is 3.81. The summed E-state index contributed by atoms with van der Waals surface area (Å²) in [4.78, 5) is 11.9. The van der Waals surface area contributed by atoms with Gasteiger partial charge < -0.3 is 4.74 Å². The zero-order valence-corrected chi connectivity index (χ0v) is 12.1. The van der Waals surface area contributed by atoms with Crippen molar-refractivity contribution in [2.75, 3.05) is 0 Å². The summed E-state index contributed by atoms with van der Waals surface area (Å²) in [5.41, 5.74) is 1.15. The first-order chi connectivity index (χ1) is 11.1. The van der Waals surface area contributed by atoms with Crippen molar-refractivity contribution in [2.24, 2.45) is 0 Å². The molecule has 0 aliphatic rings. The van der Waals surface area contributed by atoms with E-state index < -0.39 is 17.9 Å². The molecule has 0 saturated carbocycles. The molecule has 1 unspecified atom stereocenters. The van der Waals surface area contributed by atoms with Crippen LogP contribution in [0.5, 0.6) is 0 Å². The van der Waals surface area contributed by atoms with Crippen LogP contribution in [0.1, 0.15) is 17.2 Å². The minimum atomic E-state index is -0.988. The highest BCUT2D eigenvalue weighted by Gasteiger charge is 2.19. The van der Waals surface area contributed by atoms with Crippen molar-refractivity contribution in [2.45, 2.75) is 6.10 Å². The van der Waals surface area contributed by atoms with E-state index in [2.05, 4.69) is 18.4 Å². The molecule has 0 spiro atoms. The van der Waals surface area contributed by atoms with Crippen LogP contribution in [0.4, 0.5) is 4.39 Å². The van der Waals surface area contributed by atoms with Gasteiger partial charge in [0.1, 0.15) is 5.82 Å². The Hall–Kier alpha value is -3.37. The second-order valence-electron chi connectivity index (χ2n) is 4.59. The van der Waals surface area contributed by atoms with Crippen LogP contribution in [0.2, 0.25) is 0 Å². The Kier molecular flexibility index (Phi) is 5.28. The van der Waals surface area contributed by atoms with Gasteiger partial charge in [-0.25, -0.2) is 9.18 Å². The Labute approximate surface area is 133 Å². The second kappa shape index (κ2) is 7.59. The number of hydrogen-bond acceptors (Lipinski definition) is 3. The fourth-order valence-corrected chi connectivity index (χ4v) is 1.82. The number of nitrogens with zero attached hydrogens (tertiary/aromatic N) is 1. The Balaban J connectivity index is 2.17. The maximum atomic E-state index is 13.0. The van der Waals surface area contributed by atoms with Gasteiger partial charge >= 0.3 is 5.97 Å². The van der Waals surface area contributed by atoms with Crippen LogP contribution in [0.25, 0.3) is 0 Å². The number of rotatable bonds is 3. The predicted molar refractivity (Wildman–Crippen MR) is 83.3 cm³/mol. The van der Waals surface area contributed by atoms with E-state index in [0.717, 1.165) is 0 Å². The molecule has 2 aromatic carbocycles. The van der Waals surface area contributed by atoms with E-state index in [1.54, 1.807) is 24.3 Å². The molecule has 0 aliphatic carbocycles. The first-order valence-electron chi connectivity index (χ1n) is 6.72. The van der Waals surface area contributed by atoms with Gasteiger partial charge in [0, 0.05) is 11.5 Å². The quantitative estimate of drug-likeness (QED) is 0.495. The lowest BCUT2D eigenvalue weighted by Crippen LogP contribution is -2.11. The number of ether oxygens (including phenoxy) is 1. The average molecular weight is 305 g/mol. The molecule has 0 bridgehead atoms. The van der Waals surface area contributed by atoms with Crippen LogP contribution in [0.3, 0.4) is 0 Å². The van der Waals surface area contributed by atoms with Gasteiger partial charge in [0.25, 0.3) is 0 Å². The van der Waals surface area contributed by atoms with E-state index in [1.807, 2.05) is 12.1 Å². The Bertz CT molecular complexity index is 808. The van der Waals surface area contributed by atoms with Crippen molar-refractivity contribution in [3.8, 4) is 17.9 Å². The molecule has 2 rings (SSSR count). The van der Waals surface area contributed by atoms with E-state index in [-0.39, 0.29) is 5.57 Å². The number of nitriles is 1. The molecule has 1 atom stereocenters. The molecule has 4 heteroatoms. The van der Waals surface area contributed by atoms with Crippen molar-refractivity contribution in [1.29, 1.82) is 5.26 Å². The van der Waals surface area contributed by atoms with Crippen LogP contribution >= 0.6 is 0 Å². The highest BCUT2D eigenvalue weighted by molar-refractivity contribution is 5.89. The van der Waals surface area contributed by atoms with E-state index >= 15 is 0 Å². The third kappa shape index (κ3) is 4.56. The summed E-state index contributed by atoms with van der Waals surface area (Å²) in [6.45, 7) is 3.56. The number of benzene rings is 2. The summed E-state index contributed by atoms with van der Waals surface area (Å²) in [7, 11) is 0. The monoisotopic (exact) mass is 305 g/mol. The smallest absolute Gasteiger partial charge is 0.385 e. The molecule has 0 aromatic heterocycles. The van der Waals surface area contributed by atoms with Crippen LogP contribution in [0, 0.1) is 29.0 Å². The van der Waals surface area contributed by atoms with Crippen LogP contribution < -0.4 is 0 Å². The Morgan fingerprint density at radius 2 is 1.78 bits per heavy atom. The zero-order valence-electron chi connectivity index (χ0n) is 12.1. The molecule has 0 fully saturated rings. The third-order valence-corrected chi connectivity index (χ3v) is 2.94. The summed E-state index contributed by atoms with van der Waals surface area (Å²) in [6.07, 6.45) is -0.988. The number of carbonyl (C=O) groups is 1. The van der Waals surface area contributed by atoms with Gasteiger partial charge in [-0.15, -0.1) is 0 Å². The van der Waals surface area contributed by atoms with Gasteiger partial charge in [-0.2, -0.15) is 5.26 Å². The second-order valence-corrected chi connectivity index (χ2v) is 4.59. The Morgan fingerprint density at radius 1 is 1.13 bits per heavy atom. The number of hydrogen-bond donors (Lipinski definition) is 0. The average Bonchev–Trinajstić information content (AvgIpc) is 2.59. The van der Waals surface area contributed by atoms with E-state index in [9.17, 15) is 9.18 Å². The molecule has 112 valence electrons. The van der Waals surface area contributed by atoms with Crippen molar-refractivity contribution >= 4 is 5.97 Å². The molecule has 0 aliphatic heterocycles. The lowest BCUT2D eigenvalue weighted by molar-refractivity contribution is -0.140. The molecular weight excluding hydrogens is 293 g/mol. The highest BCUT2D eigenvalue weighted by Crippen LogP contribution is 2.24. The molecule has 3 nitrogen and oxygen atoms in total. The first kappa shape index (κ1) is 16.0. The van der Waals surface area contributed by atoms with Crippen LogP contribution in [0.15, 0.2) is 66.7 Å². The Morgan fingerprint density at radius 3 is 2.39 bits per heavy atom. The van der Waals surface area contributed by atoms with Crippen molar-refractivity contribution < 1.29 is 13.9 Å². The summed E-state index contributed by atoms with van der Waals surface area (Å²) in [6, 6.07) is 16.1. The predicted octanol–water partition coefficient (Wildman–Crippen LogP) is 3.54. The highest BCUT2D eigenvalue weighted by atomic mass is 19.1. The van der Waals surface area contributed by atoms with Crippen molar-refractivity contribution in [3.63, 3.8) is 0 Å². The van der Waals surface area contributed by atoms with E-state index in [4.69, 9.17) is 10.00 Å². The van der Waals surface area contributed by atoms with Gasteiger partial charge in [0.05, 0.1) is 11.6 Å². The van der Waals surface area contributed by atoms with Gasteiger partial charge in [0.2, 0.25) is 0 Å². The van der Waals surface area contributed by atoms with E-state index in [1.165, 1.54) is 24.3 Å². The maximum Gasteiger partial charge on any atom is 0.385 e. The molecule has 0 amide bonds. The minimum absolute atomic E-state index is 0.0338. The van der Waals surface area contributed by atoms with Crippen molar-refractivity contribution in [3.05, 3.63) is 83.7 Å². The summed E-state index contributed by atoms with van der Waals surface area (Å²) < 4.78 is 18.2. The molecule has 0 heterocycles. The van der Waals surface area contributed by atoms with E-state index in [0.29, 0.717) is 11.1 Å². The first-order valence-corrected chi connectivity index (χ1v) is 6.72. The largest absolute Gasteiger partial charge is 0.442 e. The SMILES string of the molecule is C=C(C#N)C(OC(=O)C#Cc1ccccc1)c1ccc(F)cc1. The molecule has 0 radical (unpaired) electrons. The summed E-state index contributed by atoms with van der Waals surface area (Å²) >= 11 is 0. The fraction of sp³-hybridized carbons (Fsp3) is 0.0526. The molecule has 0 N–H and O–H groups in total. The zero-order chi connectivity index (χ0) is 16.7. The van der Waals surface area contributed by atoms with Gasteiger partial charge in [0.15, 0.2) is 6.10 Å². The normalized spacial score (nSPS) is 10.6. The topological polar surface area (TPSA) is 50.1 Å². The van der Waals surface area contributed by atoms with Gasteiger partial charge in [-0.1, -0.05) is 42.8 Å². The van der Waals surface area contributed by atoms with Gasteiger partial charge in [-0.05, 0) is 29.8 Å². The lowest BCUT2D eigenvalue weighted by Gasteiger charge is -2.15. The third-order valence-electron chi connectivity index (χ3n) is 2.94. The van der Waals surface area contributed by atoms with Gasteiger partial charge in [-0.3, -0.25) is 0 Å². The number of esters is 1.